The van der Waals surface area contributed by atoms with Gasteiger partial charge in [0.2, 0.25) is 0 Å². The molecule has 1 unspecified atom stereocenters. The van der Waals surface area contributed by atoms with Gasteiger partial charge < -0.3 is 4.74 Å². The molecule has 0 aliphatic rings. The van der Waals surface area contributed by atoms with E-state index in [4.69, 9.17) is 4.74 Å². The van der Waals surface area contributed by atoms with Crippen molar-refractivity contribution in [2.24, 2.45) is 0 Å². The maximum atomic E-state index is 12.8. The normalized spacial score (nSPS) is 12.0. The summed E-state index contributed by atoms with van der Waals surface area (Å²) in [5.41, 5.74) is 1.88. The fourth-order valence-electron chi connectivity index (χ4n) is 2.44. The number of carbonyl (C=O) groups is 2. The highest BCUT2D eigenvalue weighted by molar-refractivity contribution is 6.01. The van der Waals surface area contributed by atoms with Crippen LogP contribution in [0.3, 0.4) is 0 Å². The van der Waals surface area contributed by atoms with Crippen LogP contribution >= 0.6 is 0 Å². The number of aromatic nitrogens is 3. The highest BCUT2D eigenvalue weighted by Crippen LogP contribution is 2.22. The van der Waals surface area contributed by atoms with E-state index in [1.54, 1.807) is 30.3 Å². The van der Waals surface area contributed by atoms with Crippen molar-refractivity contribution in [3.63, 3.8) is 0 Å². The second-order valence-corrected chi connectivity index (χ2v) is 5.05. The van der Waals surface area contributed by atoms with Crippen molar-refractivity contribution in [3.8, 4) is 0 Å². The molecule has 0 bridgehead atoms. The summed E-state index contributed by atoms with van der Waals surface area (Å²) in [6, 6.07) is 15.3. The molecule has 2 aromatic carbocycles. The number of carbonyl (C=O) groups excluding carboxylic acids is 2. The third-order valence-electron chi connectivity index (χ3n) is 3.62. The lowest BCUT2D eigenvalue weighted by Gasteiger charge is -2.15. The lowest BCUT2D eigenvalue weighted by atomic mass is 10.0. The standard InChI is InChI=1S/C17H15N3O3/c1-23-16(21)11-15(17(22)12-7-3-2-4-8-12)20-14-10-6-5-9-13(14)18-19-20/h2-10,15H,11H2,1H3. The van der Waals surface area contributed by atoms with Gasteiger partial charge in [-0.05, 0) is 12.1 Å². The molecule has 0 N–H and O–H groups in total. The van der Waals surface area contributed by atoms with Crippen molar-refractivity contribution < 1.29 is 14.3 Å². The SMILES string of the molecule is COC(=O)CC(C(=O)c1ccccc1)n1nnc2ccccc21. The van der Waals surface area contributed by atoms with Crippen molar-refractivity contribution in [3.05, 3.63) is 60.2 Å². The summed E-state index contributed by atoms with van der Waals surface area (Å²) in [6.45, 7) is 0. The van der Waals surface area contributed by atoms with Gasteiger partial charge in [0.05, 0.1) is 19.0 Å². The molecule has 3 rings (SSSR count). The third-order valence-corrected chi connectivity index (χ3v) is 3.62. The molecular formula is C17H15N3O3. The zero-order valence-electron chi connectivity index (χ0n) is 12.5. The molecule has 23 heavy (non-hydrogen) atoms. The molecule has 3 aromatic rings. The quantitative estimate of drug-likeness (QED) is 0.534. The number of hydrogen-bond acceptors (Lipinski definition) is 5. The minimum Gasteiger partial charge on any atom is -0.469 e. The average Bonchev–Trinajstić information content (AvgIpc) is 3.03. The summed E-state index contributed by atoms with van der Waals surface area (Å²) < 4.78 is 6.21. The Morgan fingerprint density at radius 2 is 1.78 bits per heavy atom. The van der Waals surface area contributed by atoms with Gasteiger partial charge in [-0.15, -0.1) is 5.10 Å². The minimum absolute atomic E-state index is 0.0996. The first-order chi connectivity index (χ1) is 11.2. The number of methoxy groups -OCH3 is 1. The van der Waals surface area contributed by atoms with E-state index in [2.05, 4.69) is 10.3 Å². The number of esters is 1. The molecule has 1 heterocycles. The lowest BCUT2D eigenvalue weighted by Crippen LogP contribution is -2.24. The van der Waals surface area contributed by atoms with Crippen LogP contribution in [0.1, 0.15) is 22.8 Å². The molecule has 0 spiro atoms. The van der Waals surface area contributed by atoms with Crippen molar-refractivity contribution in [1.82, 2.24) is 15.0 Å². The molecule has 0 aliphatic heterocycles. The Morgan fingerprint density at radius 3 is 2.52 bits per heavy atom. The zero-order chi connectivity index (χ0) is 16.2. The summed E-state index contributed by atoms with van der Waals surface area (Å²) in [6.07, 6.45) is -0.0996. The number of benzene rings is 2. The number of hydrogen-bond donors (Lipinski definition) is 0. The van der Waals surface area contributed by atoms with Gasteiger partial charge in [0.25, 0.3) is 0 Å². The molecule has 6 nitrogen and oxygen atoms in total. The molecule has 1 aromatic heterocycles. The molecule has 1 atom stereocenters. The Balaban J connectivity index is 2.05. The molecule has 0 saturated heterocycles. The lowest BCUT2D eigenvalue weighted by molar-refractivity contribution is -0.141. The first kappa shape index (κ1) is 14.9. The summed E-state index contributed by atoms with van der Waals surface area (Å²) in [7, 11) is 1.30. The van der Waals surface area contributed by atoms with Crippen LogP contribution in [0, 0.1) is 0 Å². The second kappa shape index (κ2) is 6.39. The minimum atomic E-state index is -0.794. The number of para-hydroxylation sites is 1. The van der Waals surface area contributed by atoms with Gasteiger partial charge in [0.1, 0.15) is 11.6 Å². The van der Waals surface area contributed by atoms with E-state index < -0.39 is 12.0 Å². The van der Waals surface area contributed by atoms with E-state index in [0.29, 0.717) is 16.6 Å². The van der Waals surface area contributed by atoms with E-state index in [-0.39, 0.29) is 12.2 Å². The van der Waals surface area contributed by atoms with Crippen molar-refractivity contribution >= 4 is 22.8 Å². The number of ether oxygens (including phenoxy) is 1. The van der Waals surface area contributed by atoms with Crippen LogP contribution in [0.2, 0.25) is 0 Å². The van der Waals surface area contributed by atoms with Crippen molar-refractivity contribution in [2.45, 2.75) is 12.5 Å². The van der Waals surface area contributed by atoms with Crippen LogP contribution in [0.15, 0.2) is 54.6 Å². The summed E-state index contributed by atoms with van der Waals surface area (Å²) in [4.78, 5) is 24.6. The maximum Gasteiger partial charge on any atom is 0.308 e. The number of ketones is 1. The van der Waals surface area contributed by atoms with Crippen LogP contribution in [0.4, 0.5) is 0 Å². The molecular weight excluding hydrogens is 294 g/mol. The van der Waals surface area contributed by atoms with Crippen molar-refractivity contribution in [2.75, 3.05) is 7.11 Å². The van der Waals surface area contributed by atoms with E-state index >= 15 is 0 Å². The monoisotopic (exact) mass is 309 g/mol. The molecule has 0 saturated carbocycles. The smallest absolute Gasteiger partial charge is 0.308 e. The Morgan fingerprint density at radius 1 is 1.09 bits per heavy atom. The van der Waals surface area contributed by atoms with Crippen LogP contribution in [0.5, 0.6) is 0 Å². The summed E-state index contributed by atoms with van der Waals surface area (Å²) >= 11 is 0. The van der Waals surface area contributed by atoms with Crippen LogP contribution < -0.4 is 0 Å². The first-order valence-electron chi connectivity index (χ1n) is 7.16. The third kappa shape index (κ3) is 2.96. The van der Waals surface area contributed by atoms with Crippen LogP contribution in [-0.4, -0.2) is 33.9 Å². The van der Waals surface area contributed by atoms with Crippen LogP contribution in [-0.2, 0) is 9.53 Å². The predicted molar refractivity (Wildman–Crippen MR) is 84.0 cm³/mol. The molecule has 6 heteroatoms. The molecule has 0 fully saturated rings. The number of rotatable bonds is 5. The summed E-state index contributed by atoms with van der Waals surface area (Å²) in [5, 5.41) is 8.13. The van der Waals surface area contributed by atoms with E-state index in [9.17, 15) is 9.59 Å². The fraction of sp³-hybridized carbons (Fsp3) is 0.176. The fourth-order valence-corrected chi connectivity index (χ4v) is 2.44. The number of nitrogens with zero attached hydrogens (tertiary/aromatic N) is 3. The maximum absolute atomic E-state index is 12.8. The Bertz CT molecular complexity index is 842. The summed E-state index contributed by atoms with van der Waals surface area (Å²) in [5.74, 6) is -0.675. The first-order valence-corrected chi connectivity index (χ1v) is 7.16. The highest BCUT2D eigenvalue weighted by Gasteiger charge is 2.27. The zero-order valence-corrected chi connectivity index (χ0v) is 12.5. The molecule has 0 radical (unpaired) electrons. The van der Waals surface area contributed by atoms with E-state index in [0.717, 1.165) is 0 Å². The Labute approximate surface area is 132 Å². The van der Waals surface area contributed by atoms with Gasteiger partial charge in [0, 0.05) is 5.56 Å². The van der Waals surface area contributed by atoms with Gasteiger partial charge in [-0.25, -0.2) is 4.68 Å². The number of fused-ring (bicyclic) bond motifs is 1. The molecule has 116 valence electrons. The van der Waals surface area contributed by atoms with Gasteiger partial charge in [-0.2, -0.15) is 0 Å². The van der Waals surface area contributed by atoms with E-state index in [1.165, 1.54) is 11.8 Å². The number of Topliss-reactive ketones (excluding diaryl/α,β-unsaturated/α-hetero) is 1. The van der Waals surface area contributed by atoms with Crippen molar-refractivity contribution in [1.29, 1.82) is 0 Å². The van der Waals surface area contributed by atoms with Gasteiger partial charge in [0.15, 0.2) is 5.78 Å². The van der Waals surface area contributed by atoms with Gasteiger partial charge in [-0.1, -0.05) is 47.7 Å². The average molecular weight is 309 g/mol. The second-order valence-electron chi connectivity index (χ2n) is 5.05. The van der Waals surface area contributed by atoms with E-state index in [1.807, 2.05) is 24.3 Å². The highest BCUT2D eigenvalue weighted by atomic mass is 16.5. The Kier molecular flexibility index (Phi) is 4.14. The van der Waals surface area contributed by atoms with Gasteiger partial charge >= 0.3 is 5.97 Å². The molecule has 0 aliphatic carbocycles. The topological polar surface area (TPSA) is 74.1 Å². The molecule has 0 amide bonds. The largest absolute Gasteiger partial charge is 0.469 e. The van der Waals surface area contributed by atoms with Gasteiger partial charge in [-0.3, -0.25) is 9.59 Å². The van der Waals surface area contributed by atoms with Crippen LogP contribution in [0.25, 0.3) is 11.0 Å². The Hall–Kier alpha value is -3.02. The predicted octanol–water partition coefficient (Wildman–Crippen LogP) is 2.42.